The van der Waals surface area contributed by atoms with Gasteiger partial charge in [0.1, 0.15) is 12.1 Å². The highest BCUT2D eigenvalue weighted by atomic mass is 79.9. The molecule has 0 bridgehead atoms. The molecule has 2 aromatic carbocycles. The van der Waals surface area contributed by atoms with Crippen molar-refractivity contribution in [2.45, 2.75) is 6.42 Å². The maximum Gasteiger partial charge on any atom is 0.162 e. The lowest BCUT2D eigenvalue weighted by Crippen LogP contribution is -2.37. The topological polar surface area (TPSA) is 68.7 Å². The van der Waals surface area contributed by atoms with Gasteiger partial charge in [-0.05, 0) is 46.6 Å². The average molecular weight is 519 g/mol. The van der Waals surface area contributed by atoms with Crippen molar-refractivity contribution in [1.29, 1.82) is 0 Å². The summed E-state index contributed by atoms with van der Waals surface area (Å²) < 4.78 is 102. The van der Waals surface area contributed by atoms with Crippen LogP contribution in [0.2, 0.25) is 5.02 Å². The van der Waals surface area contributed by atoms with E-state index in [0.717, 1.165) is 0 Å². The van der Waals surface area contributed by atoms with Crippen LogP contribution in [-0.2, 0) is 4.74 Å². The molecule has 0 unspecified atom stereocenters. The monoisotopic (exact) mass is 517 g/mol. The van der Waals surface area contributed by atoms with Crippen LogP contribution in [0.25, 0.3) is 10.9 Å². The molecule has 4 rings (SSSR count). The Kier molecular flexibility index (Phi) is 4.12. The van der Waals surface area contributed by atoms with E-state index in [1.165, 1.54) is 18.5 Å². The van der Waals surface area contributed by atoms with Crippen molar-refractivity contribution in [2.75, 3.05) is 51.6 Å². The van der Waals surface area contributed by atoms with Crippen LogP contribution in [-0.4, -0.2) is 61.2 Å². The summed E-state index contributed by atoms with van der Waals surface area (Å²) in [6.07, 6.45) is 1.15. The quantitative estimate of drug-likeness (QED) is 0.425. The van der Waals surface area contributed by atoms with Gasteiger partial charge in [0.05, 0.1) is 46.9 Å². The van der Waals surface area contributed by atoms with Crippen molar-refractivity contribution < 1.29 is 29.3 Å². The molecule has 1 fully saturated rings. The highest BCUT2D eigenvalue weighted by Gasteiger charge is 2.13. The van der Waals surface area contributed by atoms with E-state index in [1.807, 2.05) is 0 Å². The Hall–Kier alpha value is -2.13. The van der Waals surface area contributed by atoms with E-state index in [1.54, 1.807) is 18.2 Å². The molecule has 31 heavy (non-hydrogen) atoms. The molecule has 0 amide bonds. The third kappa shape index (κ3) is 5.57. The summed E-state index contributed by atoms with van der Waals surface area (Å²) in [6.45, 7) is -13.1. The van der Waals surface area contributed by atoms with E-state index >= 15 is 0 Å². The third-order valence-corrected chi connectivity index (χ3v) is 5.47. The highest BCUT2D eigenvalue weighted by Crippen LogP contribution is 2.35. The fourth-order valence-electron chi connectivity index (χ4n) is 2.79. The van der Waals surface area contributed by atoms with Crippen molar-refractivity contribution in [3.8, 4) is 11.5 Å². The minimum absolute atomic E-state index is 0.0380. The lowest BCUT2D eigenvalue weighted by Gasteiger charge is -2.26. The molecule has 9 heteroatoms. The molecule has 0 saturated carbocycles. The fraction of sp³-hybridized carbons (Fsp3) is 0.364. The zero-order valence-corrected chi connectivity index (χ0v) is 18.2. The Bertz CT molecular complexity index is 1450. The number of morpholine rings is 1. The van der Waals surface area contributed by atoms with E-state index < -0.39 is 39.7 Å². The Labute approximate surface area is 210 Å². The minimum atomic E-state index is -3.16. The average Bonchev–Trinajstić information content (AvgIpc) is 2.84. The fourth-order valence-corrected chi connectivity index (χ4v) is 3.22. The van der Waals surface area contributed by atoms with Crippen LogP contribution in [0.5, 0.6) is 11.5 Å². The maximum atomic E-state index is 8.11. The second-order valence-corrected chi connectivity index (χ2v) is 7.54. The molecule has 1 N–H and O–H groups in total. The number of methoxy groups -OCH3 is 1. The van der Waals surface area contributed by atoms with Crippen LogP contribution in [0.4, 0.5) is 11.5 Å². The first-order valence-corrected chi connectivity index (χ1v) is 10.2. The van der Waals surface area contributed by atoms with E-state index in [4.69, 9.17) is 36.2 Å². The Morgan fingerprint density at radius 3 is 2.94 bits per heavy atom. The maximum absolute atomic E-state index is 8.11. The molecule has 0 spiro atoms. The summed E-state index contributed by atoms with van der Waals surface area (Å²) in [5.41, 5.74) is 0.920. The molecular weight excluding hydrogens is 484 g/mol. The lowest BCUT2D eigenvalue weighted by atomic mass is 10.2. The van der Waals surface area contributed by atoms with Crippen molar-refractivity contribution in [3.05, 3.63) is 46.2 Å². The number of ether oxygens (including phenoxy) is 3. The van der Waals surface area contributed by atoms with Gasteiger partial charge in [-0.3, -0.25) is 4.90 Å². The minimum Gasteiger partial charge on any atom is -0.493 e. The second-order valence-electron chi connectivity index (χ2n) is 6.28. The zero-order chi connectivity index (χ0) is 31.3. The van der Waals surface area contributed by atoms with Crippen molar-refractivity contribution >= 4 is 49.9 Å². The Morgan fingerprint density at radius 1 is 1.26 bits per heavy atom. The number of hydrogen-bond donors (Lipinski definition) is 1. The van der Waals surface area contributed by atoms with Crippen LogP contribution in [0.15, 0.2) is 41.1 Å². The number of benzene rings is 2. The zero-order valence-electron chi connectivity index (χ0n) is 26.9. The standard InChI is InChI=1S/C22H24BrClN4O3/c1-29-20-13-19-16(12-21(20)31-8-2-5-28-6-9-30-10-7-28)22(26-14-25-19)27-15-3-4-17(23)18(24)11-15/h3-4,11-14H,2,5-10H2,1H3,(H,25,26,27)/i1D3,6D2,7D2,9D2,10D2. The molecule has 0 radical (unpaired) electrons. The van der Waals surface area contributed by atoms with Gasteiger partial charge in [-0.1, -0.05) is 11.6 Å². The van der Waals surface area contributed by atoms with Crippen LogP contribution < -0.4 is 14.8 Å². The van der Waals surface area contributed by atoms with Gasteiger partial charge in [-0.25, -0.2) is 9.97 Å². The van der Waals surface area contributed by atoms with Crippen molar-refractivity contribution in [3.63, 3.8) is 0 Å². The molecule has 7 nitrogen and oxygen atoms in total. The SMILES string of the molecule is [2H]C([2H])([2H])Oc1cc2ncnc(Nc3ccc(Br)c(Cl)c3)c2cc1OCCCN1C([2H])([2H])C([2H])([2H])OC([2H])([2H])C1([2H])[2H]. The third-order valence-electron chi connectivity index (χ3n) is 4.24. The lowest BCUT2D eigenvalue weighted by molar-refractivity contribution is 0.0357. The number of rotatable bonds is 8. The Morgan fingerprint density at radius 2 is 2.13 bits per heavy atom. The first-order valence-electron chi connectivity index (χ1n) is 14.6. The first-order chi connectivity index (χ1) is 19.2. The Balaban J connectivity index is 1.60. The summed E-state index contributed by atoms with van der Waals surface area (Å²) in [5, 5.41) is 3.99. The van der Waals surface area contributed by atoms with Gasteiger partial charge in [0.25, 0.3) is 0 Å². The predicted octanol–water partition coefficient (Wildman–Crippen LogP) is 4.90. The molecular formula is C22H24BrClN4O3. The van der Waals surface area contributed by atoms with E-state index in [9.17, 15) is 0 Å². The van der Waals surface area contributed by atoms with E-state index in [0.29, 0.717) is 36.8 Å². The summed E-state index contributed by atoms with van der Waals surface area (Å²) in [4.78, 5) is 8.85. The van der Waals surface area contributed by atoms with Gasteiger partial charge < -0.3 is 19.5 Å². The summed E-state index contributed by atoms with van der Waals surface area (Å²) >= 11 is 9.52. The van der Waals surface area contributed by atoms with Gasteiger partial charge in [-0.15, -0.1) is 0 Å². The van der Waals surface area contributed by atoms with Crippen molar-refractivity contribution in [2.24, 2.45) is 0 Å². The number of aromatic nitrogens is 2. The van der Waals surface area contributed by atoms with Crippen LogP contribution in [0.3, 0.4) is 0 Å². The first kappa shape index (κ1) is 12.2. The summed E-state index contributed by atoms with van der Waals surface area (Å²) in [5.74, 6) is 0.121. The number of anilines is 2. The highest BCUT2D eigenvalue weighted by molar-refractivity contribution is 9.10. The normalized spacial score (nSPS) is 26.7. The van der Waals surface area contributed by atoms with Crippen molar-refractivity contribution in [1.82, 2.24) is 14.9 Å². The van der Waals surface area contributed by atoms with Gasteiger partial charge in [0, 0.05) is 46.6 Å². The predicted molar refractivity (Wildman–Crippen MR) is 126 cm³/mol. The largest absolute Gasteiger partial charge is 0.493 e. The number of nitrogens with one attached hydrogen (secondary N) is 1. The molecule has 1 aliphatic rings. The number of fused-ring (bicyclic) bond motifs is 1. The van der Waals surface area contributed by atoms with Gasteiger partial charge in [0.2, 0.25) is 0 Å². The van der Waals surface area contributed by atoms with E-state index in [2.05, 4.69) is 36.0 Å². The second kappa shape index (κ2) is 10.5. The smallest absolute Gasteiger partial charge is 0.162 e. The van der Waals surface area contributed by atoms with Crippen LogP contribution >= 0.6 is 27.5 Å². The summed E-state index contributed by atoms with van der Waals surface area (Å²) in [6, 6.07) is 7.95. The van der Waals surface area contributed by atoms with E-state index in [-0.39, 0.29) is 24.5 Å². The number of nitrogens with zero attached hydrogens (tertiary/aromatic N) is 3. The molecule has 2 heterocycles. The molecule has 164 valence electrons. The molecule has 1 aliphatic heterocycles. The molecule has 1 saturated heterocycles. The summed E-state index contributed by atoms with van der Waals surface area (Å²) in [7, 11) is -2.84. The van der Waals surface area contributed by atoms with Crippen LogP contribution in [0, 0.1) is 0 Å². The molecule has 0 aliphatic carbocycles. The van der Waals surface area contributed by atoms with Gasteiger partial charge in [-0.2, -0.15) is 0 Å². The molecule has 0 atom stereocenters. The van der Waals surface area contributed by atoms with Crippen LogP contribution in [0.1, 0.15) is 21.5 Å². The number of halogens is 2. The molecule has 1 aromatic heterocycles. The number of hydrogen-bond acceptors (Lipinski definition) is 7. The van der Waals surface area contributed by atoms with Gasteiger partial charge >= 0.3 is 0 Å². The van der Waals surface area contributed by atoms with Gasteiger partial charge in [0.15, 0.2) is 11.5 Å². The molecule has 3 aromatic rings.